The van der Waals surface area contributed by atoms with Crippen LogP contribution >= 0.6 is 22.6 Å². The molecule has 88 valence electrons. The van der Waals surface area contributed by atoms with Gasteiger partial charge in [0.15, 0.2) is 0 Å². The second-order valence-corrected chi connectivity index (χ2v) is 3.97. The topological polar surface area (TPSA) is 59.4 Å². The van der Waals surface area contributed by atoms with Crippen LogP contribution in [-0.2, 0) is 11.2 Å². The molecule has 0 aliphatic carbocycles. The summed E-state index contributed by atoms with van der Waals surface area (Å²) in [6.07, 6.45) is -3.09. The van der Waals surface area contributed by atoms with Crippen molar-refractivity contribution in [2.75, 3.05) is 7.11 Å². The molecule has 16 heavy (non-hydrogen) atoms. The van der Waals surface area contributed by atoms with E-state index in [9.17, 15) is 13.6 Å². The molecular weight excluding hydrogens is 335 g/mol. The monoisotopic (exact) mass is 343 g/mol. The van der Waals surface area contributed by atoms with Crippen LogP contribution in [0.5, 0.6) is 5.88 Å². The van der Waals surface area contributed by atoms with E-state index in [4.69, 9.17) is 9.84 Å². The first-order valence-electron chi connectivity index (χ1n) is 4.19. The number of aliphatic carboxylic acids is 1. The van der Waals surface area contributed by atoms with E-state index in [-0.39, 0.29) is 21.4 Å². The van der Waals surface area contributed by atoms with Crippen molar-refractivity contribution in [1.82, 2.24) is 4.98 Å². The zero-order chi connectivity index (χ0) is 12.3. The van der Waals surface area contributed by atoms with Gasteiger partial charge in [-0.2, -0.15) is 0 Å². The van der Waals surface area contributed by atoms with Gasteiger partial charge in [-0.3, -0.25) is 4.79 Å². The van der Waals surface area contributed by atoms with Crippen LogP contribution in [0.3, 0.4) is 0 Å². The summed E-state index contributed by atoms with van der Waals surface area (Å²) in [6, 6.07) is 1.35. The van der Waals surface area contributed by atoms with Crippen molar-refractivity contribution >= 4 is 28.6 Å². The quantitative estimate of drug-likeness (QED) is 0.852. The second kappa shape index (κ2) is 5.37. The number of pyridine rings is 1. The predicted octanol–water partition coefficient (Wildman–Crippen LogP) is 2.26. The molecule has 0 radical (unpaired) electrons. The van der Waals surface area contributed by atoms with Crippen LogP contribution in [0.4, 0.5) is 8.78 Å². The van der Waals surface area contributed by atoms with Gasteiger partial charge in [0.1, 0.15) is 5.69 Å². The molecule has 0 aromatic carbocycles. The lowest BCUT2D eigenvalue weighted by Crippen LogP contribution is -2.07. The van der Waals surface area contributed by atoms with Gasteiger partial charge in [0.2, 0.25) is 5.88 Å². The van der Waals surface area contributed by atoms with E-state index in [0.717, 1.165) is 0 Å². The number of carbonyl (C=O) groups is 1. The van der Waals surface area contributed by atoms with Crippen LogP contribution in [0, 0.1) is 3.57 Å². The number of methoxy groups -OCH3 is 1. The zero-order valence-electron chi connectivity index (χ0n) is 8.21. The molecule has 0 spiro atoms. The summed E-state index contributed by atoms with van der Waals surface area (Å²) in [5.74, 6) is -1.10. The van der Waals surface area contributed by atoms with Crippen LogP contribution < -0.4 is 4.74 Å². The minimum Gasteiger partial charge on any atom is -0.481 e. The van der Waals surface area contributed by atoms with Crippen LogP contribution in [-0.4, -0.2) is 23.2 Å². The van der Waals surface area contributed by atoms with E-state index >= 15 is 0 Å². The smallest absolute Gasteiger partial charge is 0.307 e. The van der Waals surface area contributed by atoms with Crippen LogP contribution in [0.2, 0.25) is 0 Å². The minimum atomic E-state index is -2.76. The molecule has 0 aliphatic rings. The summed E-state index contributed by atoms with van der Waals surface area (Å²) in [7, 11) is 1.29. The van der Waals surface area contributed by atoms with Gasteiger partial charge in [-0.15, -0.1) is 0 Å². The second-order valence-electron chi connectivity index (χ2n) is 2.89. The van der Waals surface area contributed by atoms with Gasteiger partial charge < -0.3 is 9.84 Å². The number of aromatic nitrogens is 1. The zero-order valence-corrected chi connectivity index (χ0v) is 10.4. The van der Waals surface area contributed by atoms with Gasteiger partial charge in [-0.25, -0.2) is 13.8 Å². The Balaban J connectivity index is 3.25. The third kappa shape index (κ3) is 3.00. The van der Waals surface area contributed by atoms with Crippen LogP contribution in [0.1, 0.15) is 17.7 Å². The average molecular weight is 343 g/mol. The Labute approximate surface area is 104 Å². The van der Waals surface area contributed by atoms with Crippen molar-refractivity contribution in [3.05, 3.63) is 20.9 Å². The van der Waals surface area contributed by atoms with E-state index in [1.54, 1.807) is 22.6 Å². The Kier molecular flexibility index (Phi) is 4.39. The fourth-order valence-corrected chi connectivity index (χ4v) is 1.82. The summed E-state index contributed by atoms with van der Waals surface area (Å²) in [5.41, 5.74) is -0.175. The highest BCUT2D eigenvalue weighted by molar-refractivity contribution is 14.1. The number of alkyl halides is 2. The maximum atomic E-state index is 12.6. The van der Waals surface area contributed by atoms with E-state index in [2.05, 4.69) is 4.98 Å². The Morgan fingerprint density at radius 2 is 2.31 bits per heavy atom. The molecule has 1 rings (SSSR count). The fraction of sp³-hybridized carbons (Fsp3) is 0.333. The number of carboxylic acids is 1. The van der Waals surface area contributed by atoms with Crippen molar-refractivity contribution < 1.29 is 23.4 Å². The summed E-state index contributed by atoms with van der Waals surface area (Å²) < 4.78 is 30.1. The number of nitrogens with zero attached hydrogens (tertiary/aromatic N) is 1. The average Bonchev–Trinajstić information content (AvgIpc) is 2.19. The number of rotatable bonds is 4. The molecule has 0 fully saturated rings. The molecule has 0 atom stereocenters. The molecular formula is C9H8F2INO3. The van der Waals surface area contributed by atoms with Crippen LogP contribution in [0.15, 0.2) is 6.07 Å². The maximum Gasteiger partial charge on any atom is 0.307 e. The molecule has 0 saturated heterocycles. The highest BCUT2D eigenvalue weighted by Gasteiger charge is 2.19. The largest absolute Gasteiger partial charge is 0.481 e. The molecule has 1 heterocycles. The summed E-state index contributed by atoms with van der Waals surface area (Å²) in [5, 5.41) is 8.63. The predicted molar refractivity (Wildman–Crippen MR) is 59.8 cm³/mol. The molecule has 1 aromatic rings. The summed E-state index contributed by atoms with van der Waals surface area (Å²) in [4.78, 5) is 14.1. The first-order valence-corrected chi connectivity index (χ1v) is 5.26. The molecule has 0 saturated carbocycles. The number of hydrogen-bond acceptors (Lipinski definition) is 3. The number of carboxylic acid groups (broad SMARTS) is 1. The lowest BCUT2D eigenvalue weighted by Gasteiger charge is -2.09. The molecule has 7 heteroatoms. The van der Waals surface area contributed by atoms with Crippen molar-refractivity contribution in [2.45, 2.75) is 12.8 Å². The highest BCUT2D eigenvalue weighted by atomic mass is 127. The Bertz CT molecular complexity index is 412. The van der Waals surface area contributed by atoms with Gasteiger partial charge in [0.25, 0.3) is 6.43 Å². The van der Waals surface area contributed by atoms with E-state index in [0.29, 0.717) is 0 Å². The molecule has 4 nitrogen and oxygen atoms in total. The Morgan fingerprint density at radius 1 is 1.69 bits per heavy atom. The third-order valence-corrected chi connectivity index (χ3v) is 3.04. The first kappa shape index (κ1) is 13.1. The van der Waals surface area contributed by atoms with E-state index in [1.807, 2.05) is 0 Å². The van der Waals surface area contributed by atoms with E-state index < -0.39 is 18.1 Å². The van der Waals surface area contributed by atoms with Crippen LogP contribution in [0.25, 0.3) is 0 Å². The number of halogens is 3. The maximum absolute atomic E-state index is 12.6. The molecule has 0 aliphatic heterocycles. The van der Waals surface area contributed by atoms with Crippen molar-refractivity contribution in [2.24, 2.45) is 0 Å². The van der Waals surface area contributed by atoms with Gasteiger partial charge >= 0.3 is 5.97 Å². The lowest BCUT2D eigenvalue weighted by atomic mass is 10.1. The first-order chi connectivity index (χ1) is 7.45. The van der Waals surface area contributed by atoms with Crippen molar-refractivity contribution in [3.8, 4) is 5.88 Å². The number of ether oxygens (including phenoxy) is 1. The van der Waals surface area contributed by atoms with Gasteiger partial charge in [-0.1, -0.05) is 0 Å². The molecule has 0 bridgehead atoms. The third-order valence-electron chi connectivity index (χ3n) is 1.79. The Morgan fingerprint density at radius 3 is 2.75 bits per heavy atom. The van der Waals surface area contributed by atoms with Crippen molar-refractivity contribution in [1.29, 1.82) is 0 Å². The fourth-order valence-electron chi connectivity index (χ4n) is 1.12. The summed E-state index contributed by atoms with van der Waals surface area (Å²) >= 11 is 1.66. The van der Waals surface area contributed by atoms with Gasteiger partial charge in [-0.05, 0) is 28.2 Å². The Hall–Kier alpha value is -0.990. The van der Waals surface area contributed by atoms with Gasteiger partial charge in [0, 0.05) is 9.64 Å². The number of hydrogen-bond donors (Lipinski definition) is 1. The van der Waals surface area contributed by atoms with Crippen molar-refractivity contribution in [3.63, 3.8) is 0 Å². The minimum absolute atomic E-state index is 0.00744. The highest BCUT2D eigenvalue weighted by Crippen LogP contribution is 2.28. The SMILES string of the molecule is COc1cc(CC(=O)O)c(I)c(C(F)F)n1. The molecule has 0 amide bonds. The molecule has 1 N–H and O–H groups in total. The normalized spacial score (nSPS) is 10.6. The summed E-state index contributed by atoms with van der Waals surface area (Å²) in [6.45, 7) is 0. The van der Waals surface area contributed by atoms with E-state index in [1.165, 1.54) is 13.2 Å². The molecule has 0 unspecified atom stereocenters. The lowest BCUT2D eigenvalue weighted by molar-refractivity contribution is -0.136. The standard InChI is InChI=1S/C9H8F2INO3/c1-16-5-2-4(3-6(14)15)7(12)8(13-5)9(10)11/h2,9H,3H2,1H3,(H,14,15). The van der Waals surface area contributed by atoms with Gasteiger partial charge in [0.05, 0.1) is 13.5 Å². The molecule has 1 aromatic heterocycles.